The third kappa shape index (κ3) is 2.91. The van der Waals surface area contributed by atoms with Gasteiger partial charge in [-0.15, -0.1) is 0 Å². The van der Waals surface area contributed by atoms with E-state index in [9.17, 15) is 4.79 Å². The lowest BCUT2D eigenvalue weighted by atomic mass is 10.0. The Labute approximate surface area is 148 Å². The smallest absolute Gasteiger partial charge is 0.357 e. The molecular weight excluding hydrogens is 372 g/mol. The van der Waals surface area contributed by atoms with Gasteiger partial charge in [-0.25, -0.2) is 9.78 Å². The predicted molar refractivity (Wildman–Crippen MR) is 97.5 cm³/mol. The van der Waals surface area contributed by atoms with Gasteiger partial charge in [-0.3, -0.25) is 0 Å². The van der Waals surface area contributed by atoms with Crippen LogP contribution in [0.15, 0.2) is 24.4 Å². The van der Waals surface area contributed by atoms with Gasteiger partial charge in [0.25, 0.3) is 0 Å². The molecule has 0 saturated heterocycles. The lowest BCUT2D eigenvalue weighted by Gasteiger charge is -2.12. The van der Waals surface area contributed by atoms with Crippen molar-refractivity contribution in [3.8, 4) is 0 Å². The summed E-state index contributed by atoms with van der Waals surface area (Å²) in [6, 6.07) is 6.09. The number of ether oxygens (including phenoxy) is 2. The molecule has 0 unspecified atom stereocenters. The Hall–Kier alpha value is -1.92. The van der Waals surface area contributed by atoms with Crippen LogP contribution in [0.25, 0.3) is 21.8 Å². The molecule has 3 aromatic rings. The normalized spacial score (nSPS) is 11.5. The molecule has 3 rings (SSSR count). The third-order valence-electron chi connectivity index (χ3n) is 3.82. The van der Waals surface area contributed by atoms with Crippen LogP contribution in [0.4, 0.5) is 0 Å². The van der Waals surface area contributed by atoms with E-state index in [2.05, 4.69) is 32.0 Å². The lowest BCUT2D eigenvalue weighted by molar-refractivity contribution is 0.0366. The number of carbonyl (C=O) groups excluding carboxylic acids is 1. The molecule has 2 aromatic heterocycles. The highest BCUT2D eigenvalue weighted by molar-refractivity contribution is 9.08. The maximum Gasteiger partial charge on any atom is 0.357 e. The van der Waals surface area contributed by atoms with Crippen molar-refractivity contribution in [1.82, 2.24) is 9.97 Å². The number of hydrogen-bond donors (Lipinski definition) is 1. The van der Waals surface area contributed by atoms with Crippen molar-refractivity contribution in [3.63, 3.8) is 0 Å². The Morgan fingerprint density at radius 3 is 2.75 bits per heavy atom. The van der Waals surface area contributed by atoms with Crippen molar-refractivity contribution in [2.75, 3.05) is 7.11 Å². The summed E-state index contributed by atoms with van der Waals surface area (Å²) in [5.74, 6) is -0.426. The molecule has 0 bridgehead atoms. The molecule has 2 heterocycles. The lowest BCUT2D eigenvalue weighted by Crippen LogP contribution is -2.15. The van der Waals surface area contributed by atoms with E-state index >= 15 is 0 Å². The minimum Gasteiger partial charge on any atom is -0.458 e. The molecule has 0 aliphatic heterocycles. The Balaban J connectivity index is 2.33. The van der Waals surface area contributed by atoms with Crippen LogP contribution in [0, 0.1) is 0 Å². The molecule has 1 N–H and O–H groups in total. The first-order chi connectivity index (χ1) is 11.6. The van der Waals surface area contributed by atoms with E-state index < -0.39 is 5.97 Å². The minimum absolute atomic E-state index is 0.202. The van der Waals surface area contributed by atoms with Crippen molar-refractivity contribution in [3.05, 3.63) is 41.2 Å². The summed E-state index contributed by atoms with van der Waals surface area (Å²) in [5.41, 5.74) is 4.09. The van der Waals surface area contributed by atoms with Gasteiger partial charge in [0.05, 0.1) is 24.4 Å². The standard InChI is InChI=1S/C18H19BrN2O3/c1-10(2)24-18(22)17-12(9-23-3)16-14(8-20-17)21-13-6-4-5-11(7-19)15(13)16/h4-6,8,10,21H,7,9H2,1-3H3. The molecule has 0 spiro atoms. The van der Waals surface area contributed by atoms with Gasteiger partial charge in [-0.1, -0.05) is 28.1 Å². The van der Waals surface area contributed by atoms with Crippen LogP contribution in [0.5, 0.6) is 0 Å². The highest BCUT2D eigenvalue weighted by atomic mass is 79.9. The molecule has 0 fully saturated rings. The van der Waals surface area contributed by atoms with E-state index in [0.29, 0.717) is 5.69 Å². The monoisotopic (exact) mass is 390 g/mol. The number of benzene rings is 1. The molecule has 0 saturated carbocycles. The van der Waals surface area contributed by atoms with Crippen molar-refractivity contribution in [2.45, 2.75) is 31.9 Å². The summed E-state index contributed by atoms with van der Waals surface area (Å²) in [7, 11) is 1.61. The number of pyridine rings is 1. The van der Waals surface area contributed by atoms with E-state index in [4.69, 9.17) is 9.47 Å². The Morgan fingerprint density at radius 1 is 1.29 bits per heavy atom. The van der Waals surface area contributed by atoms with Crippen molar-refractivity contribution < 1.29 is 14.3 Å². The van der Waals surface area contributed by atoms with Crippen LogP contribution in [0.2, 0.25) is 0 Å². The number of H-pyrrole nitrogens is 1. The number of aromatic amines is 1. The second-order valence-corrected chi connectivity index (χ2v) is 6.42. The molecule has 6 heteroatoms. The molecule has 0 aliphatic carbocycles. The molecule has 0 atom stereocenters. The molecule has 0 radical (unpaired) electrons. The zero-order valence-corrected chi connectivity index (χ0v) is 15.4. The quantitative estimate of drug-likeness (QED) is 0.520. The number of nitrogens with one attached hydrogen (secondary N) is 1. The maximum absolute atomic E-state index is 12.4. The number of hydrogen-bond acceptors (Lipinski definition) is 4. The average Bonchev–Trinajstić information content (AvgIpc) is 2.93. The SMILES string of the molecule is COCc1c(C(=O)OC(C)C)ncc2[nH]c3cccc(CBr)c3c12. The molecule has 126 valence electrons. The number of methoxy groups -OCH3 is 1. The van der Waals surface area contributed by atoms with Gasteiger partial charge >= 0.3 is 5.97 Å². The Morgan fingerprint density at radius 2 is 2.08 bits per heavy atom. The van der Waals surface area contributed by atoms with Gasteiger partial charge in [0.1, 0.15) is 0 Å². The second-order valence-electron chi connectivity index (χ2n) is 5.86. The number of aromatic nitrogens is 2. The van der Waals surface area contributed by atoms with Crippen molar-refractivity contribution in [2.24, 2.45) is 0 Å². The molecule has 0 amide bonds. The topological polar surface area (TPSA) is 64.2 Å². The molecule has 0 aliphatic rings. The second kappa shape index (κ2) is 6.91. The number of rotatable bonds is 5. The van der Waals surface area contributed by atoms with E-state index in [1.54, 1.807) is 13.3 Å². The summed E-state index contributed by atoms with van der Waals surface area (Å²) in [4.78, 5) is 20.1. The molecular formula is C18H19BrN2O3. The van der Waals surface area contributed by atoms with Crippen LogP contribution in [-0.4, -0.2) is 29.2 Å². The highest BCUT2D eigenvalue weighted by Gasteiger charge is 2.22. The molecule has 24 heavy (non-hydrogen) atoms. The number of carbonyl (C=O) groups is 1. The number of alkyl halides is 1. The predicted octanol–water partition coefficient (Wildman–Crippen LogP) is 4.32. The highest BCUT2D eigenvalue weighted by Crippen LogP contribution is 2.33. The minimum atomic E-state index is -0.426. The van der Waals surface area contributed by atoms with E-state index in [1.807, 2.05) is 26.0 Å². The number of nitrogens with zero attached hydrogens (tertiary/aromatic N) is 1. The first-order valence-corrected chi connectivity index (χ1v) is 8.86. The van der Waals surface area contributed by atoms with Gasteiger partial charge in [0.15, 0.2) is 5.69 Å². The number of esters is 1. The van der Waals surface area contributed by atoms with Gasteiger partial charge in [0.2, 0.25) is 0 Å². The van der Waals surface area contributed by atoms with Crippen molar-refractivity contribution >= 4 is 43.7 Å². The van der Waals surface area contributed by atoms with Crippen LogP contribution in [-0.2, 0) is 21.4 Å². The molecule has 1 aromatic carbocycles. The number of halogens is 1. The fraction of sp³-hybridized carbons (Fsp3) is 0.333. The van der Waals surface area contributed by atoms with Gasteiger partial charge in [-0.05, 0) is 25.5 Å². The fourth-order valence-corrected chi connectivity index (χ4v) is 3.39. The van der Waals surface area contributed by atoms with Crippen molar-refractivity contribution in [1.29, 1.82) is 0 Å². The summed E-state index contributed by atoms with van der Waals surface area (Å²) in [6.07, 6.45) is 1.48. The Kier molecular flexibility index (Phi) is 4.87. The van der Waals surface area contributed by atoms with Gasteiger partial charge in [0, 0.05) is 34.3 Å². The maximum atomic E-state index is 12.4. The zero-order valence-electron chi connectivity index (χ0n) is 13.9. The first-order valence-electron chi connectivity index (χ1n) is 7.73. The third-order valence-corrected chi connectivity index (χ3v) is 4.42. The van der Waals surface area contributed by atoms with E-state index in [1.165, 1.54) is 0 Å². The van der Waals surface area contributed by atoms with E-state index in [0.717, 1.165) is 38.3 Å². The van der Waals surface area contributed by atoms with Crippen LogP contribution >= 0.6 is 15.9 Å². The number of fused-ring (bicyclic) bond motifs is 3. The van der Waals surface area contributed by atoms with Crippen LogP contribution < -0.4 is 0 Å². The van der Waals surface area contributed by atoms with E-state index in [-0.39, 0.29) is 12.7 Å². The van der Waals surface area contributed by atoms with Gasteiger partial charge < -0.3 is 14.5 Å². The zero-order chi connectivity index (χ0) is 17.3. The van der Waals surface area contributed by atoms with Crippen LogP contribution in [0.3, 0.4) is 0 Å². The van der Waals surface area contributed by atoms with Crippen LogP contribution in [0.1, 0.15) is 35.5 Å². The summed E-state index contributed by atoms with van der Waals surface area (Å²) in [5, 5.41) is 2.77. The fourth-order valence-electron chi connectivity index (χ4n) is 2.92. The summed E-state index contributed by atoms with van der Waals surface area (Å²) < 4.78 is 10.7. The summed E-state index contributed by atoms with van der Waals surface area (Å²) >= 11 is 3.54. The average molecular weight is 391 g/mol. The van der Waals surface area contributed by atoms with Gasteiger partial charge in [-0.2, -0.15) is 0 Å². The first kappa shape index (κ1) is 16.9. The Bertz CT molecular complexity index is 902. The largest absolute Gasteiger partial charge is 0.458 e. The summed E-state index contributed by atoms with van der Waals surface area (Å²) in [6.45, 7) is 3.93. The molecule has 5 nitrogen and oxygen atoms in total.